The van der Waals surface area contributed by atoms with Gasteiger partial charge in [-0.1, -0.05) is 29.8 Å². The first kappa shape index (κ1) is 17.4. The molecular weight excluding hydrogens is 368 g/mol. The number of fused-ring (bicyclic) bond motifs is 1. The van der Waals surface area contributed by atoms with Crippen LogP contribution in [0.15, 0.2) is 41.2 Å². The second-order valence-corrected chi connectivity index (χ2v) is 7.54. The highest BCUT2D eigenvalue weighted by molar-refractivity contribution is 7.07. The first-order valence-electron chi connectivity index (χ1n) is 8.65. The van der Waals surface area contributed by atoms with E-state index in [0.717, 1.165) is 49.2 Å². The standard InChI is InChI=1S/C19H19ClN4OS/c20-16-4-1-3-14-5-6-15(22-18(14)16)11-23-7-2-8-24(10-9-23)19(25)17-12-26-13-21-17/h1,3-6,12-13H,2,7-11H2. The fourth-order valence-electron chi connectivity index (χ4n) is 3.28. The van der Waals surface area contributed by atoms with Gasteiger partial charge in [-0.2, -0.15) is 0 Å². The van der Waals surface area contributed by atoms with Crippen LogP contribution in [-0.4, -0.2) is 51.9 Å². The molecule has 7 heteroatoms. The predicted octanol–water partition coefficient (Wildman–Crippen LogP) is 3.69. The van der Waals surface area contributed by atoms with E-state index in [1.807, 2.05) is 28.5 Å². The molecular formula is C19H19ClN4OS. The van der Waals surface area contributed by atoms with Gasteiger partial charge in [0.2, 0.25) is 0 Å². The number of aromatic nitrogens is 2. The van der Waals surface area contributed by atoms with Crippen LogP contribution in [0.4, 0.5) is 0 Å². The topological polar surface area (TPSA) is 49.3 Å². The molecule has 4 rings (SSSR count). The zero-order valence-corrected chi connectivity index (χ0v) is 15.8. The van der Waals surface area contributed by atoms with Crippen LogP contribution in [0.5, 0.6) is 0 Å². The van der Waals surface area contributed by atoms with Crippen molar-refractivity contribution in [3.05, 3.63) is 57.6 Å². The Hall–Kier alpha value is -2.02. The smallest absolute Gasteiger partial charge is 0.273 e. The number of nitrogens with zero attached hydrogens (tertiary/aromatic N) is 4. The van der Waals surface area contributed by atoms with Crippen LogP contribution in [0.3, 0.4) is 0 Å². The number of hydrogen-bond acceptors (Lipinski definition) is 5. The highest BCUT2D eigenvalue weighted by Gasteiger charge is 2.21. The molecule has 1 fully saturated rings. The Balaban J connectivity index is 1.43. The van der Waals surface area contributed by atoms with E-state index >= 15 is 0 Å². The molecule has 3 aromatic rings. The zero-order chi connectivity index (χ0) is 17.9. The number of benzene rings is 1. The third-order valence-corrected chi connectivity index (χ3v) is 5.53. The summed E-state index contributed by atoms with van der Waals surface area (Å²) in [5, 5.41) is 3.55. The van der Waals surface area contributed by atoms with Gasteiger partial charge in [-0.05, 0) is 18.6 Å². The minimum absolute atomic E-state index is 0.0312. The molecule has 1 saturated heterocycles. The van der Waals surface area contributed by atoms with Crippen LogP contribution in [0.1, 0.15) is 22.6 Å². The maximum absolute atomic E-state index is 12.5. The first-order chi connectivity index (χ1) is 12.7. The molecule has 1 aliphatic rings. The van der Waals surface area contributed by atoms with Gasteiger partial charge in [0.15, 0.2) is 0 Å². The number of carbonyl (C=O) groups excluding carboxylic acids is 1. The fraction of sp³-hybridized carbons (Fsp3) is 0.316. The van der Waals surface area contributed by atoms with Gasteiger partial charge in [-0.3, -0.25) is 9.69 Å². The summed E-state index contributed by atoms with van der Waals surface area (Å²) in [7, 11) is 0. The van der Waals surface area contributed by atoms with Gasteiger partial charge in [0, 0.05) is 43.5 Å². The van der Waals surface area contributed by atoms with E-state index in [1.165, 1.54) is 11.3 Å². The van der Waals surface area contributed by atoms with Crippen LogP contribution in [0.25, 0.3) is 10.9 Å². The van der Waals surface area contributed by atoms with E-state index in [9.17, 15) is 4.79 Å². The number of pyridine rings is 1. The molecule has 0 N–H and O–H groups in total. The van der Waals surface area contributed by atoms with E-state index in [0.29, 0.717) is 17.3 Å². The van der Waals surface area contributed by atoms with E-state index in [-0.39, 0.29) is 5.91 Å². The second kappa shape index (κ2) is 7.70. The van der Waals surface area contributed by atoms with Crippen LogP contribution < -0.4 is 0 Å². The van der Waals surface area contributed by atoms with Gasteiger partial charge >= 0.3 is 0 Å². The lowest BCUT2D eigenvalue weighted by molar-refractivity contribution is 0.0756. The van der Waals surface area contributed by atoms with Gasteiger partial charge < -0.3 is 4.90 Å². The molecule has 0 saturated carbocycles. The molecule has 0 spiro atoms. The summed E-state index contributed by atoms with van der Waals surface area (Å²) in [5.74, 6) is 0.0312. The maximum Gasteiger partial charge on any atom is 0.273 e. The maximum atomic E-state index is 12.5. The number of amides is 1. The van der Waals surface area contributed by atoms with E-state index < -0.39 is 0 Å². The quantitative estimate of drug-likeness (QED) is 0.688. The summed E-state index contributed by atoms with van der Waals surface area (Å²) in [6.45, 7) is 4.02. The van der Waals surface area contributed by atoms with E-state index in [2.05, 4.69) is 22.0 Å². The molecule has 2 aromatic heterocycles. The number of hydrogen-bond donors (Lipinski definition) is 0. The lowest BCUT2D eigenvalue weighted by atomic mass is 10.2. The van der Waals surface area contributed by atoms with Gasteiger partial charge in [0.25, 0.3) is 5.91 Å². The van der Waals surface area contributed by atoms with Crippen molar-refractivity contribution < 1.29 is 4.79 Å². The third kappa shape index (κ3) is 3.72. The summed E-state index contributed by atoms with van der Waals surface area (Å²) in [6, 6.07) is 9.95. The highest BCUT2D eigenvalue weighted by Crippen LogP contribution is 2.22. The molecule has 0 atom stereocenters. The highest BCUT2D eigenvalue weighted by atomic mass is 35.5. The number of para-hydroxylation sites is 1. The van der Waals surface area contributed by atoms with Crippen molar-refractivity contribution in [3.63, 3.8) is 0 Å². The molecule has 3 heterocycles. The summed E-state index contributed by atoms with van der Waals surface area (Å²) >= 11 is 7.73. The molecule has 0 unspecified atom stereocenters. The SMILES string of the molecule is O=C(c1cscn1)N1CCCN(Cc2ccc3cccc(Cl)c3n2)CC1. The lowest BCUT2D eigenvalue weighted by Crippen LogP contribution is -2.35. The van der Waals surface area contributed by atoms with Gasteiger partial charge in [0.05, 0.1) is 21.7 Å². The Morgan fingerprint density at radius 3 is 2.92 bits per heavy atom. The Morgan fingerprint density at radius 1 is 1.15 bits per heavy atom. The monoisotopic (exact) mass is 386 g/mol. The normalized spacial score (nSPS) is 16.0. The minimum Gasteiger partial charge on any atom is -0.336 e. The average molecular weight is 387 g/mol. The molecule has 0 bridgehead atoms. The van der Waals surface area contributed by atoms with Crippen molar-refractivity contribution in [1.82, 2.24) is 19.8 Å². The third-order valence-electron chi connectivity index (χ3n) is 4.64. The summed E-state index contributed by atoms with van der Waals surface area (Å²) in [6.07, 6.45) is 0.949. The molecule has 1 aromatic carbocycles. The van der Waals surface area contributed by atoms with E-state index in [4.69, 9.17) is 16.6 Å². The summed E-state index contributed by atoms with van der Waals surface area (Å²) in [5.41, 5.74) is 4.11. The molecule has 26 heavy (non-hydrogen) atoms. The number of thiazole rings is 1. The Labute approximate surface area is 161 Å². The number of rotatable bonds is 3. The van der Waals surface area contributed by atoms with Crippen molar-refractivity contribution in [2.24, 2.45) is 0 Å². The Morgan fingerprint density at radius 2 is 2.08 bits per heavy atom. The van der Waals surface area contributed by atoms with Crippen molar-refractivity contribution in [2.75, 3.05) is 26.2 Å². The van der Waals surface area contributed by atoms with Crippen LogP contribution in [0, 0.1) is 0 Å². The second-order valence-electron chi connectivity index (χ2n) is 6.41. The number of halogens is 1. The molecule has 1 amide bonds. The molecule has 134 valence electrons. The Kier molecular flexibility index (Phi) is 5.15. The van der Waals surface area contributed by atoms with Crippen molar-refractivity contribution in [1.29, 1.82) is 0 Å². The molecule has 0 aliphatic carbocycles. The fourth-order valence-corrected chi connectivity index (χ4v) is 4.03. The van der Waals surface area contributed by atoms with Gasteiger partial charge in [-0.15, -0.1) is 11.3 Å². The summed E-state index contributed by atoms with van der Waals surface area (Å²) < 4.78 is 0. The predicted molar refractivity (Wildman–Crippen MR) is 105 cm³/mol. The van der Waals surface area contributed by atoms with Crippen molar-refractivity contribution >= 4 is 39.7 Å². The molecule has 1 aliphatic heterocycles. The lowest BCUT2D eigenvalue weighted by Gasteiger charge is -2.21. The first-order valence-corrected chi connectivity index (χ1v) is 9.97. The summed E-state index contributed by atoms with van der Waals surface area (Å²) in [4.78, 5) is 25.6. The Bertz CT molecular complexity index is 915. The van der Waals surface area contributed by atoms with Gasteiger partial charge in [0.1, 0.15) is 5.69 Å². The van der Waals surface area contributed by atoms with Crippen LogP contribution >= 0.6 is 22.9 Å². The van der Waals surface area contributed by atoms with Crippen molar-refractivity contribution in [3.8, 4) is 0 Å². The largest absolute Gasteiger partial charge is 0.336 e. The van der Waals surface area contributed by atoms with E-state index in [1.54, 1.807) is 5.51 Å². The average Bonchev–Trinajstić information content (AvgIpc) is 3.09. The zero-order valence-electron chi connectivity index (χ0n) is 14.3. The van der Waals surface area contributed by atoms with Crippen LogP contribution in [0.2, 0.25) is 5.02 Å². The van der Waals surface area contributed by atoms with Crippen molar-refractivity contribution in [2.45, 2.75) is 13.0 Å². The van der Waals surface area contributed by atoms with Crippen LogP contribution in [-0.2, 0) is 6.54 Å². The minimum atomic E-state index is 0.0312. The number of carbonyl (C=O) groups is 1. The molecule has 5 nitrogen and oxygen atoms in total. The molecule has 0 radical (unpaired) electrons. The van der Waals surface area contributed by atoms with Gasteiger partial charge in [-0.25, -0.2) is 9.97 Å².